The summed E-state index contributed by atoms with van der Waals surface area (Å²) in [6.07, 6.45) is 5.22. The molecule has 0 saturated carbocycles. The van der Waals surface area contributed by atoms with Gasteiger partial charge in [0.1, 0.15) is 5.75 Å². The van der Waals surface area contributed by atoms with E-state index in [9.17, 15) is 9.59 Å². The molecule has 8 nitrogen and oxygen atoms in total. The summed E-state index contributed by atoms with van der Waals surface area (Å²) in [6, 6.07) is 21.0. The van der Waals surface area contributed by atoms with Crippen LogP contribution < -0.4 is 19.6 Å². The van der Waals surface area contributed by atoms with Gasteiger partial charge in [-0.2, -0.15) is 5.10 Å². The van der Waals surface area contributed by atoms with E-state index in [1.807, 2.05) is 48.1 Å². The molecule has 1 aromatic heterocycles. The number of ether oxygens (including phenoxy) is 3. The molecule has 0 aliphatic rings. The van der Waals surface area contributed by atoms with Crippen molar-refractivity contribution in [2.45, 2.75) is 6.92 Å². The number of nitrogens with one attached hydrogen (secondary N) is 1. The second-order valence-electron chi connectivity index (χ2n) is 7.69. The lowest BCUT2D eigenvalue weighted by Gasteiger charge is -2.13. The molecular weight excluding hydrogens is 538 g/mol. The molecule has 0 unspecified atom stereocenters. The highest BCUT2D eigenvalue weighted by atomic mass is 79.9. The summed E-state index contributed by atoms with van der Waals surface area (Å²) in [5, 5.41) is 4.11. The number of aromatic nitrogens is 1. The summed E-state index contributed by atoms with van der Waals surface area (Å²) in [6.45, 7) is 2.18. The number of rotatable bonds is 9. The van der Waals surface area contributed by atoms with E-state index >= 15 is 0 Å². The molecule has 0 aliphatic heterocycles. The van der Waals surface area contributed by atoms with Crippen molar-refractivity contribution in [1.29, 1.82) is 0 Å². The average Bonchev–Trinajstić information content (AvgIpc) is 3.46. The van der Waals surface area contributed by atoms with E-state index in [0.717, 1.165) is 5.69 Å². The molecule has 37 heavy (non-hydrogen) atoms. The van der Waals surface area contributed by atoms with Crippen LogP contribution in [0.2, 0.25) is 0 Å². The zero-order valence-electron chi connectivity index (χ0n) is 20.2. The number of para-hydroxylation sites is 1. The number of hydrogen-bond donors (Lipinski definition) is 1. The highest BCUT2D eigenvalue weighted by Crippen LogP contribution is 2.37. The van der Waals surface area contributed by atoms with Crippen LogP contribution in [0.4, 0.5) is 0 Å². The molecule has 0 bridgehead atoms. The number of hydrazone groups is 1. The third kappa shape index (κ3) is 6.25. The summed E-state index contributed by atoms with van der Waals surface area (Å²) in [5.74, 6) is 0.333. The van der Waals surface area contributed by atoms with Crippen molar-refractivity contribution in [1.82, 2.24) is 9.99 Å². The number of carbonyl (C=O) groups is 2. The van der Waals surface area contributed by atoms with Gasteiger partial charge in [0.25, 0.3) is 5.91 Å². The van der Waals surface area contributed by atoms with Gasteiger partial charge in [0.05, 0.1) is 41.2 Å². The number of halogens is 1. The van der Waals surface area contributed by atoms with Crippen LogP contribution in [0, 0.1) is 0 Å². The Morgan fingerprint density at radius 1 is 1.03 bits per heavy atom. The highest BCUT2D eigenvalue weighted by molar-refractivity contribution is 9.10. The van der Waals surface area contributed by atoms with Gasteiger partial charge >= 0.3 is 5.97 Å². The summed E-state index contributed by atoms with van der Waals surface area (Å²) in [5.41, 5.74) is 4.77. The number of methoxy groups -OCH3 is 1. The second kappa shape index (κ2) is 12.0. The van der Waals surface area contributed by atoms with Gasteiger partial charge in [0, 0.05) is 12.4 Å². The zero-order chi connectivity index (χ0) is 26.2. The first-order valence-corrected chi connectivity index (χ1v) is 12.2. The van der Waals surface area contributed by atoms with Crippen molar-refractivity contribution in [2.24, 2.45) is 5.10 Å². The number of benzene rings is 3. The highest BCUT2D eigenvalue weighted by Gasteiger charge is 2.17. The maximum atomic E-state index is 12.8. The normalized spacial score (nSPS) is 10.8. The number of esters is 1. The number of hydrogen-bond acceptors (Lipinski definition) is 6. The van der Waals surface area contributed by atoms with Crippen molar-refractivity contribution in [3.63, 3.8) is 0 Å². The van der Waals surface area contributed by atoms with Crippen LogP contribution in [0.15, 0.2) is 94.8 Å². The quantitative estimate of drug-likeness (QED) is 0.124. The van der Waals surface area contributed by atoms with Gasteiger partial charge in [-0.15, -0.1) is 0 Å². The van der Waals surface area contributed by atoms with Gasteiger partial charge in [-0.3, -0.25) is 4.79 Å². The first-order valence-electron chi connectivity index (χ1n) is 11.4. The van der Waals surface area contributed by atoms with Gasteiger partial charge < -0.3 is 18.8 Å². The number of nitrogens with zero attached hydrogens (tertiary/aromatic N) is 2. The minimum atomic E-state index is -0.542. The fourth-order valence-electron chi connectivity index (χ4n) is 3.51. The zero-order valence-corrected chi connectivity index (χ0v) is 21.8. The Balaban J connectivity index is 1.50. The van der Waals surface area contributed by atoms with E-state index in [1.54, 1.807) is 55.6 Å². The lowest BCUT2D eigenvalue weighted by atomic mass is 10.1. The van der Waals surface area contributed by atoms with Crippen LogP contribution in [0.3, 0.4) is 0 Å². The van der Waals surface area contributed by atoms with Crippen molar-refractivity contribution in [3.05, 3.63) is 106 Å². The summed E-state index contributed by atoms with van der Waals surface area (Å²) < 4.78 is 18.8. The maximum absolute atomic E-state index is 12.8. The predicted molar refractivity (Wildman–Crippen MR) is 144 cm³/mol. The maximum Gasteiger partial charge on any atom is 0.343 e. The molecule has 9 heteroatoms. The Morgan fingerprint density at radius 2 is 1.76 bits per heavy atom. The monoisotopic (exact) mass is 561 g/mol. The molecule has 0 radical (unpaired) electrons. The molecule has 1 N–H and O–H groups in total. The Morgan fingerprint density at radius 3 is 2.46 bits per heavy atom. The van der Waals surface area contributed by atoms with E-state index in [1.165, 1.54) is 6.21 Å². The van der Waals surface area contributed by atoms with Crippen LogP contribution in [-0.4, -0.2) is 36.4 Å². The van der Waals surface area contributed by atoms with E-state index < -0.39 is 5.97 Å². The van der Waals surface area contributed by atoms with E-state index in [2.05, 4.69) is 26.5 Å². The molecule has 1 heterocycles. The minimum Gasteiger partial charge on any atom is -0.497 e. The molecule has 0 fully saturated rings. The Bertz CT molecular complexity index is 1420. The lowest BCUT2D eigenvalue weighted by Crippen LogP contribution is -2.19. The van der Waals surface area contributed by atoms with Crippen LogP contribution in [0.25, 0.3) is 5.69 Å². The van der Waals surface area contributed by atoms with Gasteiger partial charge in [-0.25, -0.2) is 10.2 Å². The Hall–Kier alpha value is -4.37. The van der Waals surface area contributed by atoms with Crippen LogP contribution in [0.5, 0.6) is 17.2 Å². The molecule has 0 spiro atoms. The summed E-state index contributed by atoms with van der Waals surface area (Å²) >= 11 is 3.45. The Labute approximate surface area is 222 Å². The molecule has 4 rings (SSSR count). The fraction of sp³-hybridized carbons (Fsp3) is 0.107. The van der Waals surface area contributed by atoms with E-state index in [-0.39, 0.29) is 11.7 Å². The van der Waals surface area contributed by atoms with Crippen molar-refractivity contribution in [2.75, 3.05) is 13.7 Å². The van der Waals surface area contributed by atoms with Crippen molar-refractivity contribution in [3.8, 4) is 22.9 Å². The van der Waals surface area contributed by atoms with E-state index in [0.29, 0.717) is 39.3 Å². The van der Waals surface area contributed by atoms with Gasteiger partial charge in [-0.05, 0) is 89.1 Å². The molecule has 1 amide bonds. The largest absolute Gasteiger partial charge is 0.497 e. The lowest BCUT2D eigenvalue weighted by molar-refractivity contribution is 0.0726. The van der Waals surface area contributed by atoms with Crippen LogP contribution in [0.1, 0.15) is 33.2 Å². The SMILES string of the molecule is CCOc1cc(/C=N\NC(=O)c2ccccc2-n2cccc2)cc(Br)c1OC(=O)c1ccc(OC)cc1. The summed E-state index contributed by atoms with van der Waals surface area (Å²) in [7, 11) is 1.55. The summed E-state index contributed by atoms with van der Waals surface area (Å²) in [4.78, 5) is 25.5. The third-order valence-corrected chi connectivity index (χ3v) is 5.85. The topological polar surface area (TPSA) is 91.1 Å². The molecular formula is C28H24BrN3O5. The fourth-order valence-corrected chi connectivity index (χ4v) is 4.06. The van der Waals surface area contributed by atoms with Crippen LogP contribution in [-0.2, 0) is 0 Å². The van der Waals surface area contributed by atoms with Crippen molar-refractivity contribution < 1.29 is 23.8 Å². The van der Waals surface area contributed by atoms with Gasteiger partial charge in [0.2, 0.25) is 0 Å². The van der Waals surface area contributed by atoms with Crippen LogP contribution >= 0.6 is 15.9 Å². The third-order valence-electron chi connectivity index (χ3n) is 5.26. The number of amides is 1. The number of carbonyl (C=O) groups excluding carboxylic acids is 2. The van der Waals surface area contributed by atoms with Gasteiger partial charge in [0.15, 0.2) is 11.5 Å². The molecule has 0 saturated heterocycles. The standard InChI is InChI=1S/C28H24BrN3O5/c1-3-36-25-17-19(16-23(29)26(25)37-28(34)20-10-12-21(35-2)13-11-20)18-30-31-27(33)22-8-4-5-9-24(22)32-14-6-7-15-32/h4-18H,3H2,1-2H3,(H,31,33)/b30-18-. The average molecular weight is 562 g/mol. The van der Waals surface area contributed by atoms with E-state index in [4.69, 9.17) is 14.2 Å². The molecule has 0 aliphatic carbocycles. The minimum absolute atomic E-state index is 0.240. The Kier molecular flexibility index (Phi) is 8.37. The molecule has 3 aromatic carbocycles. The first kappa shape index (κ1) is 25.7. The second-order valence-corrected chi connectivity index (χ2v) is 8.54. The van der Waals surface area contributed by atoms with Gasteiger partial charge in [-0.1, -0.05) is 12.1 Å². The van der Waals surface area contributed by atoms with Crippen molar-refractivity contribution >= 4 is 34.0 Å². The molecule has 0 atom stereocenters. The predicted octanol–water partition coefficient (Wildman–Crippen LogP) is 5.63. The molecule has 188 valence electrons. The first-order chi connectivity index (χ1) is 18.0. The smallest absolute Gasteiger partial charge is 0.343 e. The molecule has 4 aromatic rings.